The molecular formula is C13H17F2NO2. The van der Waals surface area contributed by atoms with Gasteiger partial charge in [-0.05, 0) is 19.7 Å². The lowest BCUT2D eigenvalue weighted by molar-refractivity contribution is -0.153. The van der Waals surface area contributed by atoms with Crippen LogP contribution in [0.2, 0.25) is 0 Å². The molecule has 0 saturated heterocycles. The monoisotopic (exact) mass is 257 g/mol. The van der Waals surface area contributed by atoms with E-state index in [9.17, 15) is 13.6 Å². The van der Waals surface area contributed by atoms with E-state index in [2.05, 4.69) is 4.74 Å². The maximum Gasteiger partial charge on any atom is 0.311 e. The molecule has 1 unspecified atom stereocenters. The van der Waals surface area contributed by atoms with Gasteiger partial charge in [-0.3, -0.25) is 9.69 Å². The fourth-order valence-electron chi connectivity index (χ4n) is 1.92. The lowest BCUT2D eigenvalue weighted by Gasteiger charge is -2.31. The number of rotatable bonds is 5. The quantitative estimate of drug-likeness (QED) is 0.759. The van der Waals surface area contributed by atoms with Crippen LogP contribution in [0.3, 0.4) is 0 Å². The van der Waals surface area contributed by atoms with Gasteiger partial charge in [-0.2, -0.15) is 0 Å². The second-order valence-corrected chi connectivity index (χ2v) is 4.29. The van der Waals surface area contributed by atoms with E-state index in [0.29, 0.717) is 5.56 Å². The van der Waals surface area contributed by atoms with Crippen molar-refractivity contribution in [3.05, 3.63) is 35.9 Å². The molecule has 0 N–H and O–H groups in total. The van der Waals surface area contributed by atoms with E-state index in [-0.39, 0.29) is 0 Å². The summed E-state index contributed by atoms with van der Waals surface area (Å²) in [6, 6.07) is 7.23. The average molecular weight is 257 g/mol. The predicted octanol–water partition coefficient (Wildman–Crippen LogP) is 2.49. The normalized spacial score (nSPS) is 13.4. The summed E-state index contributed by atoms with van der Waals surface area (Å²) in [6.45, 7) is 0. The third-order valence-corrected chi connectivity index (χ3v) is 2.64. The topological polar surface area (TPSA) is 29.5 Å². The number of esters is 1. The minimum Gasteiger partial charge on any atom is -0.469 e. The van der Waals surface area contributed by atoms with Gasteiger partial charge in [0.05, 0.1) is 13.2 Å². The Morgan fingerprint density at radius 1 is 1.33 bits per heavy atom. The first-order valence-corrected chi connectivity index (χ1v) is 5.54. The van der Waals surface area contributed by atoms with E-state index < -0.39 is 24.4 Å². The van der Waals surface area contributed by atoms with Crippen molar-refractivity contribution in [1.82, 2.24) is 4.90 Å². The van der Waals surface area contributed by atoms with Gasteiger partial charge in [-0.25, -0.2) is 8.78 Å². The Labute approximate surface area is 105 Å². The predicted molar refractivity (Wildman–Crippen MR) is 64.5 cm³/mol. The Bertz CT molecular complexity index is 393. The summed E-state index contributed by atoms with van der Waals surface area (Å²) >= 11 is 0. The molecule has 1 atom stereocenters. The number of hydrogen-bond donors (Lipinski definition) is 0. The first kappa shape index (κ1) is 14.6. The van der Waals surface area contributed by atoms with Gasteiger partial charge in [0.15, 0.2) is 0 Å². The van der Waals surface area contributed by atoms with Crippen LogP contribution in [0.15, 0.2) is 30.3 Å². The Hall–Kier alpha value is -1.49. The van der Waals surface area contributed by atoms with Crippen LogP contribution >= 0.6 is 0 Å². The molecule has 100 valence electrons. The van der Waals surface area contributed by atoms with Crippen molar-refractivity contribution in [3.63, 3.8) is 0 Å². The second-order valence-electron chi connectivity index (χ2n) is 4.29. The molecule has 3 nitrogen and oxygen atoms in total. The van der Waals surface area contributed by atoms with Crippen molar-refractivity contribution in [2.24, 2.45) is 0 Å². The molecule has 0 aliphatic rings. The van der Waals surface area contributed by atoms with Crippen molar-refractivity contribution in [1.29, 1.82) is 0 Å². The SMILES string of the molecule is COC(=O)CC(F)(F)C(c1ccccc1)N(C)C. The number of halogens is 2. The zero-order valence-corrected chi connectivity index (χ0v) is 10.7. The van der Waals surface area contributed by atoms with Crippen LogP contribution in [0.5, 0.6) is 0 Å². The summed E-state index contributed by atoms with van der Waals surface area (Å²) in [4.78, 5) is 12.5. The Kier molecular flexibility index (Phi) is 4.78. The highest BCUT2D eigenvalue weighted by molar-refractivity contribution is 5.70. The highest BCUT2D eigenvalue weighted by Gasteiger charge is 2.44. The van der Waals surface area contributed by atoms with Gasteiger partial charge < -0.3 is 4.74 Å². The molecule has 0 spiro atoms. The summed E-state index contributed by atoms with van der Waals surface area (Å²) in [6.07, 6.45) is -0.929. The third kappa shape index (κ3) is 3.50. The molecule has 0 radical (unpaired) electrons. The van der Waals surface area contributed by atoms with Gasteiger partial charge in [-0.1, -0.05) is 30.3 Å². The standard InChI is InChI=1S/C13H17F2NO2/c1-16(2)12(10-7-5-4-6-8-10)13(14,15)9-11(17)18-3/h4-8,12H,9H2,1-3H3. The van der Waals surface area contributed by atoms with E-state index >= 15 is 0 Å². The van der Waals surface area contributed by atoms with Gasteiger partial charge >= 0.3 is 5.97 Å². The second kappa shape index (κ2) is 5.91. The fraction of sp³-hybridized carbons (Fsp3) is 0.462. The molecule has 5 heteroatoms. The molecule has 0 aliphatic carbocycles. The maximum absolute atomic E-state index is 14.1. The van der Waals surface area contributed by atoms with E-state index in [0.717, 1.165) is 7.11 Å². The first-order chi connectivity index (χ1) is 8.38. The number of carbonyl (C=O) groups excluding carboxylic acids is 1. The van der Waals surface area contributed by atoms with Gasteiger partial charge in [-0.15, -0.1) is 0 Å². The molecule has 0 aliphatic heterocycles. The molecule has 0 aromatic heterocycles. The largest absolute Gasteiger partial charge is 0.469 e. The molecule has 18 heavy (non-hydrogen) atoms. The van der Waals surface area contributed by atoms with Gasteiger partial charge in [0.25, 0.3) is 5.92 Å². The van der Waals surface area contributed by atoms with Gasteiger partial charge in [0.2, 0.25) is 0 Å². The summed E-state index contributed by atoms with van der Waals surface area (Å²) in [7, 11) is 4.22. The Morgan fingerprint density at radius 2 is 1.89 bits per heavy atom. The highest BCUT2D eigenvalue weighted by Crippen LogP contribution is 2.37. The molecule has 0 bridgehead atoms. The number of alkyl halides is 2. The van der Waals surface area contributed by atoms with Crippen LogP contribution in [0.1, 0.15) is 18.0 Å². The van der Waals surface area contributed by atoms with Crippen LogP contribution in [-0.4, -0.2) is 38.0 Å². The molecule has 0 heterocycles. The smallest absolute Gasteiger partial charge is 0.311 e. The summed E-state index contributed by atoms with van der Waals surface area (Å²) < 4.78 is 32.6. The Morgan fingerprint density at radius 3 is 2.33 bits per heavy atom. The molecule has 1 aromatic carbocycles. The van der Waals surface area contributed by atoms with E-state index in [1.165, 1.54) is 4.90 Å². The lowest BCUT2D eigenvalue weighted by Crippen LogP contribution is -2.38. The molecule has 0 fully saturated rings. The number of hydrogen-bond acceptors (Lipinski definition) is 3. The fourth-order valence-corrected chi connectivity index (χ4v) is 1.92. The van der Waals surface area contributed by atoms with Crippen LogP contribution in [-0.2, 0) is 9.53 Å². The van der Waals surface area contributed by atoms with Gasteiger partial charge in [0.1, 0.15) is 6.42 Å². The number of ether oxygens (including phenoxy) is 1. The molecule has 0 amide bonds. The van der Waals surface area contributed by atoms with Crippen molar-refractivity contribution >= 4 is 5.97 Å². The minimum atomic E-state index is -3.18. The zero-order valence-electron chi connectivity index (χ0n) is 10.7. The third-order valence-electron chi connectivity index (χ3n) is 2.64. The maximum atomic E-state index is 14.1. The number of carbonyl (C=O) groups is 1. The zero-order chi connectivity index (χ0) is 13.8. The lowest BCUT2D eigenvalue weighted by atomic mass is 9.97. The van der Waals surface area contributed by atoms with Crippen LogP contribution < -0.4 is 0 Å². The first-order valence-electron chi connectivity index (χ1n) is 5.54. The number of methoxy groups -OCH3 is 1. The van der Waals surface area contributed by atoms with Crippen molar-refractivity contribution in [3.8, 4) is 0 Å². The average Bonchev–Trinajstić information content (AvgIpc) is 2.28. The van der Waals surface area contributed by atoms with Crippen molar-refractivity contribution in [2.45, 2.75) is 18.4 Å². The molecule has 1 aromatic rings. The highest BCUT2D eigenvalue weighted by atomic mass is 19.3. The van der Waals surface area contributed by atoms with Crippen LogP contribution in [0.25, 0.3) is 0 Å². The summed E-state index contributed by atoms with van der Waals surface area (Å²) in [5, 5.41) is 0. The molecule has 1 rings (SSSR count). The van der Waals surface area contributed by atoms with Crippen LogP contribution in [0, 0.1) is 0 Å². The summed E-state index contributed by atoms with van der Waals surface area (Å²) in [5.74, 6) is -4.10. The van der Waals surface area contributed by atoms with Crippen LogP contribution in [0.4, 0.5) is 8.78 Å². The van der Waals surface area contributed by atoms with E-state index in [1.807, 2.05) is 0 Å². The van der Waals surface area contributed by atoms with Gasteiger partial charge in [0, 0.05) is 0 Å². The van der Waals surface area contributed by atoms with E-state index in [4.69, 9.17) is 0 Å². The van der Waals surface area contributed by atoms with E-state index in [1.54, 1.807) is 44.4 Å². The Balaban J connectivity index is 3.02. The molecular weight excluding hydrogens is 240 g/mol. The number of benzene rings is 1. The number of nitrogens with zero attached hydrogens (tertiary/aromatic N) is 1. The molecule has 0 saturated carbocycles. The minimum absolute atomic E-state index is 0.469. The van der Waals surface area contributed by atoms with Crippen molar-refractivity contribution < 1.29 is 18.3 Å². The van der Waals surface area contributed by atoms with Crippen molar-refractivity contribution in [2.75, 3.05) is 21.2 Å². The summed E-state index contributed by atoms with van der Waals surface area (Å²) in [5.41, 5.74) is 0.469.